The van der Waals surface area contributed by atoms with E-state index < -0.39 is 11.6 Å². The number of carboxylic acid groups (broad SMARTS) is 1. The zero-order chi connectivity index (χ0) is 15.6. The molecule has 1 aromatic rings. The molecule has 0 radical (unpaired) electrons. The first-order chi connectivity index (χ1) is 9.78. The van der Waals surface area contributed by atoms with Gasteiger partial charge in [-0.15, -0.1) is 0 Å². The van der Waals surface area contributed by atoms with Gasteiger partial charge in [-0.1, -0.05) is 18.2 Å². The molecule has 0 aliphatic heterocycles. The maximum Gasteiger partial charge on any atom is 0.410 e. The van der Waals surface area contributed by atoms with Crippen LogP contribution in [0.2, 0.25) is 0 Å². The Morgan fingerprint density at radius 2 is 1.90 bits per heavy atom. The van der Waals surface area contributed by atoms with Gasteiger partial charge in [0.2, 0.25) is 0 Å². The van der Waals surface area contributed by atoms with E-state index in [9.17, 15) is 14.7 Å². The molecule has 0 heterocycles. The monoisotopic (exact) mass is 291 g/mol. The second kappa shape index (κ2) is 5.76. The fraction of sp³-hybridized carbons (Fsp3) is 0.500. The summed E-state index contributed by atoms with van der Waals surface area (Å²) >= 11 is 0. The molecule has 5 heteroatoms. The van der Waals surface area contributed by atoms with Gasteiger partial charge in [0.05, 0.1) is 12.1 Å². The van der Waals surface area contributed by atoms with Crippen LogP contribution < -0.4 is 0 Å². The summed E-state index contributed by atoms with van der Waals surface area (Å²) in [5.74, 6) is -0.981. The summed E-state index contributed by atoms with van der Waals surface area (Å²) in [5, 5.41) is 9.22. The second-order valence-electron chi connectivity index (χ2n) is 6.30. The number of rotatable bonds is 4. The third kappa shape index (κ3) is 4.21. The van der Waals surface area contributed by atoms with Crippen molar-refractivity contribution in [2.45, 2.75) is 51.8 Å². The van der Waals surface area contributed by atoms with E-state index in [1.807, 2.05) is 20.8 Å². The SMILES string of the molecule is CC(C)(C)OC(=O)N(Cc1ccccc1C(=O)O)C1CC1. The number of hydrogen-bond acceptors (Lipinski definition) is 3. The first-order valence-corrected chi connectivity index (χ1v) is 7.09. The van der Waals surface area contributed by atoms with Crippen LogP contribution in [0.1, 0.15) is 49.5 Å². The molecule has 1 fully saturated rings. The summed E-state index contributed by atoms with van der Waals surface area (Å²) in [6, 6.07) is 6.91. The van der Waals surface area contributed by atoms with Gasteiger partial charge >= 0.3 is 12.1 Å². The van der Waals surface area contributed by atoms with Crippen molar-refractivity contribution in [1.82, 2.24) is 4.90 Å². The minimum atomic E-state index is -0.981. The van der Waals surface area contributed by atoms with Crippen molar-refractivity contribution in [2.24, 2.45) is 0 Å². The summed E-state index contributed by atoms with van der Waals surface area (Å²) in [5.41, 5.74) is 0.297. The average Bonchev–Trinajstić information content (AvgIpc) is 3.18. The highest BCUT2D eigenvalue weighted by Gasteiger charge is 2.35. The van der Waals surface area contributed by atoms with E-state index in [1.54, 1.807) is 29.2 Å². The molecule has 0 unspecified atom stereocenters. The molecule has 1 aromatic carbocycles. The number of ether oxygens (including phenoxy) is 1. The van der Waals surface area contributed by atoms with Gasteiger partial charge in [-0.3, -0.25) is 0 Å². The van der Waals surface area contributed by atoms with Gasteiger partial charge in [-0.2, -0.15) is 0 Å². The third-order valence-corrected chi connectivity index (χ3v) is 3.20. The summed E-state index contributed by atoms with van der Waals surface area (Å²) in [4.78, 5) is 25.2. The highest BCUT2D eigenvalue weighted by molar-refractivity contribution is 5.89. The highest BCUT2D eigenvalue weighted by atomic mass is 16.6. The van der Waals surface area contributed by atoms with E-state index in [1.165, 1.54) is 0 Å². The van der Waals surface area contributed by atoms with Gasteiger partial charge in [-0.05, 0) is 45.2 Å². The Labute approximate surface area is 124 Å². The molecular weight excluding hydrogens is 270 g/mol. The Hall–Kier alpha value is -2.04. The van der Waals surface area contributed by atoms with E-state index in [2.05, 4.69) is 0 Å². The van der Waals surface area contributed by atoms with Crippen molar-refractivity contribution in [3.63, 3.8) is 0 Å². The summed E-state index contributed by atoms with van der Waals surface area (Å²) in [6.45, 7) is 5.73. The predicted molar refractivity (Wildman–Crippen MR) is 78.2 cm³/mol. The Morgan fingerprint density at radius 1 is 1.29 bits per heavy atom. The van der Waals surface area contributed by atoms with Gasteiger partial charge in [0.1, 0.15) is 5.60 Å². The molecule has 1 amide bonds. The lowest BCUT2D eigenvalue weighted by Gasteiger charge is -2.27. The Balaban J connectivity index is 2.18. The van der Waals surface area contributed by atoms with Crippen molar-refractivity contribution in [1.29, 1.82) is 0 Å². The minimum absolute atomic E-state index is 0.154. The quantitative estimate of drug-likeness (QED) is 0.924. The fourth-order valence-corrected chi connectivity index (χ4v) is 2.10. The molecule has 21 heavy (non-hydrogen) atoms. The number of carbonyl (C=O) groups is 2. The summed E-state index contributed by atoms with van der Waals surface area (Å²) in [6.07, 6.45) is 1.49. The number of aromatic carboxylic acids is 1. The molecule has 1 N–H and O–H groups in total. The standard InChI is InChI=1S/C16H21NO4/c1-16(2,3)21-15(20)17(12-8-9-12)10-11-6-4-5-7-13(11)14(18)19/h4-7,12H,8-10H2,1-3H3,(H,18,19). The summed E-state index contributed by atoms with van der Waals surface area (Å²) in [7, 11) is 0. The van der Waals surface area contributed by atoms with Crippen LogP contribution in [0.5, 0.6) is 0 Å². The number of nitrogens with zero attached hydrogens (tertiary/aromatic N) is 1. The maximum absolute atomic E-state index is 12.3. The minimum Gasteiger partial charge on any atom is -0.478 e. The van der Waals surface area contributed by atoms with Gasteiger partial charge in [0.15, 0.2) is 0 Å². The molecule has 5 nitrogen and oxygen atoms in total. The number of carbonyl (C=O) groups excluding carboxylic acids is 1. The molecule has 0 aromatic heterocycles. The van der Waals surface area contributed by atoms with Crippen molar-refractivity contribution in [3.8, 4) is 0 Å². The molecule has 0 saturated heterocycles. The molecule has 0 bridgehead atoms. The lowest BCUT2D eigenvalue weighted by molar-refractivity contribution is 0.0214. The third-order valence-electron chi connectivity index (χ3n) is 3.20. The topological polar surface area (TPSA) is 66.8 Å². The van der Waals surface area contributed by atoms with Gasteiger partial charge in [0, 0.05) is 6.04 Å². The largest absolute Gasteiger partial charge is 0.478 e. The number of benzene rings is 1. The van der Waals surface area contributed by atoms with E-state index in [4.69, 9.17) is 4.74 Å². The first-order valence-electron chi connectivity index (χ1n) is 7.09. The highest BCUT2D eigenvalue weighted by Crippen LogP contribution is 2.30. The van der Waals surface area contributed by atoms with Gasteiger partial charge < -0.3 is 14.7 Å². The van der Waals surface area contributed by atoms with Crippen LogP contribution in [0.15, 0.2) is 24.3 Å². The van der Waals surface area contributed by atoms with E-state index >= 15 is 0 Å². The van der Waals surface area contributed by atoms with Gasteiger partial charge in [-0.25, -0.2) is 9.59 Å². The number of carboxylic acids is 1. The molecule has 0 spiro atoms. The van der Waals surface area contributed by atoms with Crippen LogP contribution in [0.4, 0.5) is 4.79 Å². The average molecular weight is 291 g/mol. The number of amides is 1. The Bertz CT molecular complexity index is 543. The van der Waals surface area contributed by atoms with Crippen LogP contribution in [0.25, 0.3) is 0 Å². The first kappa shape index (κ1) is 15.4. The Morgan fingerprint density at radius 3 is 2.43 bits per heavy atom. The van der Waals surface area contributed by atoms with Crippen LogP contribution >= 0.6 is 0 Å². The molecule has 0 atom stereocenters. The summed E-state index contributed by atoms with van der Waals surface area (Å²) < 4.78 is 5.41. The van der Waals surface area contributed by atoms with Crippen LogP contribution in [-0.4, -0.2) is 33.7 Å². The molecule has 1 aliphatic carbocycles. The molecular formula is C16H21NO4. The predicted octanol–water partition coefficient (Wildman–Crippen LogP) is 3.28. The lowest BCUT2D eigenvalue weighted by Crippen LogP contribution is -2.38. The van der Waals surface area contributed by atoms with E-state index in [-0.39, 0.29) is 24.2 Å². The van der Waals surface area contributed by atoms with Crippen molar-refractivity contribution in [2.75, 3.05) is 0 Å². The molecule has 2 rings (SSSR count). The van der Waals surface area contributed by atoms with E-state index in [0.717, 1.165) is 12.8 Å². The molecule has 114 valence electrons. The van der Waals surface area contributed by atoms with Crippen LogP contribution in [0, 0.1) is 0 Å². The van der Waals surface area contributed by atoms with Crippen molar-refractivity contribution < 1.29 is 19.4 Å². The fourth-order valence-electron chi connectivity index (χ4n) is 2.10. The van der Waals surface area contributed by atoms with Gasteiger partial charge in [0.25, 0.3) is 0 Å². The van der Waals surface area contributed by atoms with E-state index in [0.29, 0.717) is 5.56 Å². The number of hydrogen-bond donors (Lipinski definition) is 1. The lowest BCUT2D eigenvalue weighted by atomic mass is 10.1. The normalized spacial score (nSPS) is 14.6. The molecule has 1 saturated carbocycles. The maximum atomic E-state index is 12.3. The van der Waals surface area contributed by atoms with Crippen molar-refractivity contribution in [3.05, 3.63) is 35.4 Å². The second-order valence-corrected chi connectivity index (χ2v) is 6.30. The van der Waals surface area contributed by atoms with Crippen LogP contribution in [-0.2, 0) is 11.3 Å². The zero-order valence-corrected chi connectivity index (χ0v) is 12.6. The zero-order valence-electron chi connectivity index (χ0n) is 12.6. The molecule has 1 aliphatic rings. The smallest absolute Gasteiger partial charge is 0.410 e. The van der Waals surface area contributed by atoms with Crippen LogP contribution in [0.3, 0.4) is 0 Å². The Kier molecular flexibility index (Phi) is 4.21. The van der Waals surface area contributed by atoms with Crippen molar-refractivity contribution >= 4 is 12.1 Å².